The minimum absolute atomic E-state index is 0.131. The summed E-state index contributed by atoms with van der Waals surface area (Å²) >= 11 is 0. The number of anilines is 1. The fourth-order valence-electron chi connectivity index (χ4n) is 4.24. The highest BCUT2D eigenvalue weighted by Crippen LogP contribution is 2.42. The third kappa shape index (κ3) is 3.37. The normalized spacial score (nSPS) is 22.6. The van der Waals surface area contributed by atoms with Crippen LogP contribution in [0.15, 0.2) is 18.2 Å². The Morgan fingerprint density at radius 3 is 2.87 bits per heavy atom. The molecule has 0 bridgehead atoms. The zero-order valence-electron chi connectivity index (χ0n) is 14.1. The molecule has 0 spiro atoms. The highest BCUT2D eigenvalue weighted by molar-refractivity contribution is 5.83. The molecule has 1 unspecified atom stereocenters. The van der Waals surface area contributed by atoms with Gasteiger partial charge < -0.3 is 15.8 Å². The lowest BCUT2D eigenvalue weighted by atomic mass is 9.80. The van der Waals surface area contributed by atoms with Crippen LogP contribution in [-0.2, 0) is 16.0 Å². The molecule has 0 saturated heterocycles. The summed E-state index contributed by atoms with van der Waals surface area (Å²) in [6.45, 7) is 0.658. The second-order valence-electron chi connectivity index (χ2n) is 7.11. The molecule has 2 aliphatic rings. The van der Waals surface area contributed by atoms with Crippen molar-refractivity contribution in [1.82, 2.24) is 5.32 Å². The Bertz CT molecular complexity index is 564. The molecule has 0 aromatic heterocycles. The predicted octanol–water partition coefficient (Wildman–Crippen LogP) is 3.36. The Labute approximate surface area is 138 Å². The van der Waals surface area contributed by atoms with E-state index >= 15 is 0 Å². The molecular formula is C19H28N2O2. The van der Waals surface area contributed by atoms with Gasteiger partial charge in [0.2, 0.25) is 5.91 Å². The molecule has 1 fully saturated rings. The van der Waals surface area contributed by atoms with Gasteiger partial charge in [-0.1, -0.05) is 18.9 Å². The Kier molecular flexibility index (Phi) is 4.90. The van der Waals surface area contributed by atoms with Crippen LogP contribution in [-0.4, -0.2) is 19.6 Å². The van der Waals surface area contributed by atoms with Gasteiger partial charge in [0.25, 0.3) is 0 Å². The largest absolute Gasteiger partial charge is 0.399 e. The van der Waals surface area contributed by atoms with Crippen LogP contribution < -0.4 is 11.1 Å². The van der Waals surface area contributed by atoms with E-state index in [0.29, 0.717) is 6.61 Å². The van der Waals surface area contributed by atoms with E-state index in [2.05, 4.69) is 17.4 Å². The fraction of sp³-hybridized carbons (Fsp3) is 0.632. The number of rotatable bonds is 5. The molecule has 1 aromatic carbocycles. The fourth-order valence-corrected chi connectivity index (χ4v) is 4.24. The maximum absolute atomic E-state index is 13.0. The van der Waals surface area contributed by atoms with Crippen LogP contribution in [0, 0.1) is 5.41 Å². The SMILES string of the molecule is COCCC1(C(=O)NC2CCCc3cc(N)ccc32)CCCC1. The highest BCUT2D eigenvalue weighted by atomic mass is 16.5. The van der Waals surface area contributed by atoms with Crippen LogP contribution in [0.5, 0.6) is 0 Å². The van der Waals surface area contributed by atoms with E-state index in [9.17, 15) is 4.79 Å². The lowest BCUT2D eigenvalue weighted by Gasteiger charge is -2.33. The zero-order chi connectivity index (χ0) is 16.3. The summed E-state index contributed by atoms with van der Waals surface area (Å²) in [7, 11) is 1.71. The van der Waals surface area contributed by atoms with Gasteiger partial charge in [0.05, 0.1) is 11.5 Å². The van der Waals surface area contributed by atoms with Gasteiger partial charge in [-0.05, 0) is 61.8 Å². The van der Waals surface area contributed by atoms with E-state index in [0.717, 1.165) is 57.1 Å². The Balaban J connectivity index is 1.75. The minimum Gasteiger partial charge on any atom is -0.399 e. The quantitative estimate of drug-likeness (QED) is 0.819. The molecule has 0 radical (unpaired) electrons. The standard InChI is InChI=1S/C19H28N2O2/c1-23-12-11-19(9-2-3-10-19)18(22)21-17-6-4-5-14-13-15(20)7-8-16(14)17/h7-8,13,17H,2-6,9-12,20H2,1H3,(H,21,22). The van der Waals surface area contributed by atoms with E-state index in [1.54, 1.807) is 7.11 Å². The van der Waals surface area contributed by atoms with E-state index in [1.807, 2.05) is 6.07 Å². The molecule has 4 nitrogen and oxygen atoms in total. The molecule has 1 aromatic rings. The number of ether oxygens (including phenoxy) is 1. The average molecular weight is 316 g/mol. The van der Waals surface area contributed by atoms with Crippen molar-refractivity contribution in [2.75, 3.05) is 19.5 Å². The molecule has 1 saturated carbocycles. The number of nitrogens with one attached hydrogen (secondary N) is 1. The first-order valence-corrected chi connectivity index (χ1v) is 8.83. The number of hydrogen-bond donors (Lipinski definition) is 2. The molecule has 0 heterocycles. The van der Waals surface area contributed by atoms with Gasteiger partial charge >= 0.3 is 0 Å². The molecular weight excluding hydrogens is 288 g/mol. The number of carbonyl (C=O) groups excluding carboxylic acids is 1. The van der Waals surface area contributed by atoms with Gasteiger partial charge in [-0.25, -0.2) is 0 Å². The topological polar surface area (TPSA) is 64.3 Å². The number of fused-ring (bicyclic) bond motifs is 1. The lowest BCUT2D eigenvalue weighted by Crippen LogP contribution is -2.42. The van der Waals surface area contributed by atoms with Crippen molar-refractivity contribution < 1.29 is 9.53 Å². The van der Waals surface area contributed by atoms with Gasteiger partial charge in [-0.3, -0.25) is 4.79 Å². The van der Waals surface area contributed by atoms with Gasteiger partial charge in [-0.2, -0.15) is 0 Å². The number of amides is 1. The second-order valence-corrected chi connectivity index (χ2v) is 7.11. The van der Waals surface area contributed by atoms with E-state index < -0.39 is 0 Å². The summed E-state index contributed by atoms with van der Waals surface area (Å²) in [6, 6.07) is 6.22. The average Bonchev–Trinajstić information content (AvgIpc) is 3.03. The van der Waals surface area contributed by atoms with Crippen molar-refractivity contribution in [2.24, 2.45) is 5.41 Å². The van der Waals surface area contributed by atoms with Crippen LogP contribution in [0.3, 0.4) is 0 Å². The van der Waals surface area contributed by atoms with Crippen LogP contribution in [0.2, 0.25) is 0 Å². The van der Waals surface area contributed by atoms with Gasteiger partial charge in [0.1, 0.15) is 0 Å². The summed E-state index contributed by atoms with van der Waals surface area (Å²) in [5, 5.41) is 3.35. The molecule has 1 amide bonds. The van der Waals surface area contributed by atoms with Gasteiger partial charge in [0, 0.05) is 19.4 Å². The summed E-state index contributed by atoms with van der Waals surface area (Å²) in [6.07, 6.45) is 8.28. The first kappa shape index (κ1) is 16.3. The van der Waals surface area contributed by atoms with E-state index in [4.69, 9.17) is 10.5 Å². The van der Waals surface area contributed by atoms with Crippen LogP contribution >= 0.6 is 0 Å². The molecule has 126 valence electrons. The highest BCUT2D eigenvalue weighted by Gasteiger charge is 2.41. The van der Waals surface area contributed by atoms with Crippen LogP contribution in [0.4, 0.5) is 5.69 Å². The molecule has 3 rings (SSSR count). The lowest BCUT2D eigenvalue weighted by molar-refractivity contribution is -0.132. The maximum atomic E-state index is 13.0. The predicted molar refractivity (Wildman–Crippen MR) is 92.1 cm³/mol. The summed E-state index contributed by atoms with van der Waals surface area (Å²) in [4.78, 5) is 13.0. The van der Waals surface area contributed by atoms with Gasteiger partial charge in [0.15, 0.2) is 0 Å². The number of methoxy groups -OCH3 is 1. The summed E-state index contributed by atoms with van der Waals surface area (Å²) < 4.78 is 5.24. The van der Waals surface area contributed by atoms with Crippen molar-refractivity contribution in [3.8, 4) is 0 Å². The third-order valence-electron chi connectivity index (χ3n) is 5.61. The number of carbonyl (C=O) groups is 1. The van der Waals surface area contributed by atoms with Crippen molar-refractivity contribution >= 4 is 11.6 Å². The number of aryl methyl sites for hydroxylation is 1. The summed E-state index contributed by atoms with van der Waals surface area (Å²) in [5.74, 6) is 0.224. The second kappa shape index (κ2) is 6.91. The zero-order valence-corrected chi connectivity index (χ0v) is 14.1. The van der Waals surface area contributed by atoms with Crippen LogP contribution in [0.1, 0.15) is 62.1 Å². The molecule has 2 aliphatic carbocycles. The Morgan fingerprint density at radius 1 is 1.35 bits per heavy atom. The first-order valence-electron chi connectivity index (χ1n) is 8.83. The Morgan fingerprint density at radius 2 is 2.13 bits per heavy atom. The van der Waals surface area contributed by atoms with Crippen molar-refractivity contribution in [3.63, 3.8) is 0 Å². The molecule has 0 aliphatic heterocycles. The number of benzene rings is 1. The van der Waals surface area contributed by atoms with Crippen LogP contribution in [0.25, 0.3) is 0 Å². The third-order valence-corrected chi connectivity index (χ3v) is 5.61. The van der Waals surface area contributed by atoms with Crippen molar-refractivity contribution in [2.45, 2.75) is 57.4 Å². The van der Waals surface area contributed by atoms with E-state index in [1.165, 1.54) is 11.1 Å². The molecule has 4 heteroatoms. The number of nitrogens with two attached hydrogens (primary N) is 1. The van der Waals surface area contributed by atoms with E-state index in [-0.39, 0.29) is 17.4 Å². The minimum atomic E-state index is -0.221. The Hall–Kier alpha value is -1.55. The van der Waals surface area contributed by atoms with Crippen molar-refractivity contribution in [3.05, 3.63) is 29.3 Å². The number of nitrogen functional groups attached to an aromatic ring is 1. The monoisotopic (exact) mass is 316 g/mol. The smallest absolute Gasteiger partial charge is 0.226 e. The molecule has 1 atom stereocenters. The maximum Gasteiger partial charge on any atom is 0.226 e. The molecule has 23 heavy (non-hydrogen) atoms. The molecule has 3 N–H and O–H groups in total. The van der Waals surface area contributed by atoms with Gasteiger partial charge in [-0.15, -0.1) is 0 Å². The number of hydrogen-bond acceptors (Lipinski definition) is 3. The van der Waals surface area contributed by atoms with Crippen molar-refractivity contribution in [1.29, 1.82) is 0 Å². The first-order chi connectivity index (χ1) is 11.1. The summed E-state index contributed by atoms with van der Waals surface area (Å²) in [5.41, 5.74) is 9.03.